The van der Waals surface area contributed by atoms with E-state index in [4.69, 9.17) is 0 Å². The maximum absolute atomic E-state index is 13.2. The molecule has 0 radical (unpaired) electrons. The summed E-state index contributed by atoms with van der Waals surface area (Å²) < 4.78 is 2.04. The minimum absolute atomic E-state index is 0.146. The Morgan fingerprint density at radius 2 is 1.79 bits per heavy atom. The highest BCUT2D eigenvalue weighted by Crippen LogP contribution is 2.36. The zero-order valence-corrected chi connectivity index (χ0v) is 16.7. The number of fused-ring (bicyclic) bond motifs is 4. The van der Waals surface area contributed by atoms with Crippen LogP contribution in [0.1, 0.15) is 55.7 Å². The monoisotopic (exact) mass is 381 g/mol. The molecule has 1 amide bonds. The molecule has 28 heavy (non-hydrogen) atoms. The molecule has 3 aliphatic heterocycles. The molecule has 1 aromatic rings. The molecule has 0 N–H and O–H groups in total. The first-order chi connectivity index (χ1) is 13.7. The predicted molar refractivity (Wildman–Crippen MR) is 109 cm³/mol. The number of hydrogen-bond donors (Lipinski definition) is 0. The number of pyridine rings is 1. The minimum atomic E-state index is 0.146. The van der Waals surface area contributed by atoms with Crippen LogP contribution in [0.25, 0.3) is 0 Å². The third-order valence-corrected chi connectivity index (χ3v) is 7.19. The van der Waals surface area contributed by atoms with Crippen molar-refractivity contribution in [3.63, 3.8) is 0 Å². The van der Waals surface area contributed by atoms with Gasteiger partial charge in [-0.05, 0) is 57.2 Å². The fourth-order valence-corrected chi connectivity index (χ4v) is 5.73. The Morgan fingerprint density at radius 3 is 2.57 bits per heavy atom. The van der Waals surface area contributed by atoms with Gasteiger partial charge in [-0.25, -0.2) is 0 Å². The molecule has 1 aliphatic carbocycles. The molecule has 0 saturated carbocycles. The van der Waals surface area contributed by atoms with E-state index in [0.29, 0.717) is 17.7 Å². The van der Waals surface area contributed by atoms with Gasteiger partial charge < -0.3 is 9.47 Å². The number of nitrogens with zero attached hydrogens (tertiary/aromatic N) is 3. The first kappa shape index (κ1) is 18.2. The Hall–Kier alpha value is -1.88. The lowest BCUT2D eigenvalue weighted by Gasteiger charge is -2.43. The van der Waals surface area contributed by atoms with E-state index in [9.17, 15) is 9.59 Å². The molecule has 2 atom stereocenters. The fraction of sp³-hybridized carbons (Fsp3) is 0.652. The molecule has 5 rings (SSSR count). The molecular formula is C23H31N3O2. The van der Waals surface area contributed by atoms with Crippen LogP contribution >= 0.6 is 0 Å². The normalized spacial score (nSPS) is 27.8. The van der Waals surface area contributed by atoms with Crippen LogP contribution in [0, 0.1) is 11.8 Å². The van der Waals surface area contributed by atoms with E-state index in [2.05, 4.69) is 34.1 Å². The van der Waals surface area contributed by atoms with Gasteiger partial charge in [0.1, 0.15) is 0 Å². The van der Waals surface area contributed by atoms with E-state index in [0.717, 1.165) is 69.8 Å². The molecule has 1 aromatic heterocycles. The van der Waals surface area contributed by atoms with Gasteiger partial charge in [-0.2, -0.15) is 0 Å². The van der Waals surface area contributed by atoms with Gasteiger partial charge in [-0.15, -0.1) is 0 Å². The standard InChI is InChI=1S/C23H31N3O2/c27-22(18-6-2-3-7-18)25-13-17-12-20(16-25)21-9-8-19(23(28)26(21)14-17)15-24-10-4-1-5-11-24/h2-3,8-9,17-18,20H,1,4-7,10-16H2/t17-,20+/m0/s1. The van der Waals surface area contributed by atoms with Crippen LogP contribution in [-0.4, -0.2) is 46.5 Å². The summed E-state index contributed by atoms with van der Waals surface area (Å²) in [5, 5.41) is 0. The summed E-state index contributed by atoms with van der Waals surface area (Å²) in [5.41, 5.74) is 2.29. The van der Waals surface area contributed by atoms with Gasteiger partial charge in [0.05, 0.1) is 0 Å². The highest BCUT2D eigenvalue weighted by Gasteiger charge is 2.38. The van der Waals surface area contributed by atoms with Crippen LogP contribution in [0.4, 0.5) is 0 Å². The largest absolute Gasteiger partial charge is 0.341 e. The first-order valence-corrected chi connectivity index (χ1v) is 11.1. The van der Waals surface area contributed by atoms with Gasteiger partial charge in [0.25, 0.3) is 5.56 Å². The van der Waals surface area contributed by atoms with E-state index in [1.54, 1.807) is 0 Å². The lowest BCUT2D eigenvalue weighted by atomic mass is 9.82. The molecule has 0 unspecified atom stereocenters. The number of rotatable bonds is 3. The molecule has 2 bridgehead atoms. The lowest BCUT2D eigenvalue weighted by molar-refractivity contribution is -0.138. The van der Waals surface area contributed by atoms with Crippen LogP contribution in [0.15, 0.2) is 29.1 Å². The molecule has 0 aromatic carbocycles. The van der Waals surface area contributed by atoms with Gasteiger partial charge in [0.2, 0.25) is 5.91 Å². The van der Waals surface area contributed by atoms with Crippen molar-refractivity contribution in [1.82, 2.24) is 14.4 Å². The van der Waals surface area contributed by atoms with Gasteiger partial charge in [0, 0.05) is 49.3 Å². The van der Waals surface area contributed by atoms with Crippen molar-refractivity contribution in [3.05, 3.63) is 45.9 Å². The second-order valence-corrected chi connectivity index (χ2v) is 9.22. The maximum atomic E-state index is 13.2. The second kappa shape index (κ2) is 7.51. The van der Waals surface area contributed by atoms with E-state index in [-0.39, 0.29) is 11.5 Å². The molecule has 5 heteroatoms. The van der Waals surface area contributed by atoms with Gasteiger partial charge in [-0.3, -0.25) is 14.5 Å². The van der Waals surface area contributed by atoms with Crippen molar-refractivity contribution in [2.75, 3.05) is 26.2 Å². The molecule has 4 aliphatic rings. The summed E-state index contributed by atoms with van der Waals surface area (Å²) >= 11 is 0. The van der Waals surface area contributed by atoms with Crippen LogP contribution in [-0.2, 0) is 17.9 Å². The minimum Gasteiger partial charge on any atom is -0.341 e. The quantitative estimate of drug-likeness (QED) is 0.757. The van der Waals surface area contributed by atoms with E-state index >= 15 is 0 Å². The summed E-state index contributed by atoms with van der Waals surface area (Å²) in [6, 6.07) is 4.23. The average molecular weight is 382 g/mol. The lowest BCUT2D eigenvalue weighted by Crippen LogP contribution is -2.50. The number of allylic oxidation sites excluding steroid dienone is 2. The van der Waals surface area contributed by atoms with E-state index in [1.807, 2.05) is 4.57 Å². The number of piperidine rings is 2. The molecule has 2 saturated heterocycles. The topological polar surface area (TPSA) is 45.6 Å². The Balaban J connectivity index is 1.35. The summed E-state index contributed by atoms with van der Waals surface area (Å²) in [5.74, 6) is 1.18. The smallest absolute Gasteiger partial charge is 0.255 e. The van der Waals surface area contributed by atoms with Crippen molar-refractivity contribution in [2.45, 2.75) is 57.5 Å². The maximum Gasteiger partial charge on any atom is 0.255 e. The third-order valence-electron chi connectivity index (χ3n) is 7.19. The number of hydrogen-bond acceptors (Lipinski definition) is 3. The number of carbonyl (C=O) groups is 1. The number of amides is 1. The highest BCUT2D eigenvalue weighted by molar-refractivity contribution is 5.80. The molecular weight excluding hydrogens is 350 g/mol. The van der Waals surface area contributed by atoms with Crippen molar-refractivity contribution >= 4 is 5.91 Å². The highest BCUT2D eigenvalue weighted by atomic mass is 16.2. The van der Waals surface area contributed by atoms with Gasteiger partial charge in [0.15, 0.2) is 0 Å². The molecule has 0 spiro atoms. The summed E-state index contributed by atoms with van der Waals surface area (Å²) in [7, 11) is 0. The predicted octanol–water partition coefficient (Wildman–Crippen LogP) is 2.75. The Kier molecular flexibility index (Phi) is 4.87. The zero-order chi connectivity index (χ0) is 19.1. The van der Waals surface area contributed by atoms with Crippen molar-refractivity contribution in [1.29, 1.82) is 0 Å². The SMILES string of the molecule is O=C(C1CC=CC1)N1C[C@@H]2C[C@H](C1)c1ccc(CN3CCCCC3)c(=O)n1C2. The molecule has 2 fully saturated rings. The molecule has 5 nitrogen and oxygen atoms in total. The van der Waals surface area contributed by atoms with Crippen molar-refractivity contribution in [2.24, 2.45) is 11.8 Å². The summed E-state index contributed by atoms with van der Waals surface area (Å²) in [6.45, 7) is 5.36. The van der Waals surface area contributed by atoms with Crippen LogP contribution in [0.3, 0.4) is 0 Å². The third kappa shape index (κ3) is 3.34. The Bertz CT molecular complexity index is 829. The van der Waals surface area contributed by atoms with Crippen molar-refractivity contribution < 1.29 is 4.79 Å². The zero-order valence-electron chi connectivity index (χ0n) is 16.7. The Labute approximate surface area is 167 Å². The van der Waals surface area contributed by atoms with Crippen LogP contribution < -0.4 is 5.56 Å². The number of carbonyl (C=O) groups excluding carboxylic acids is 1. The second-order valence-electron chi connectivity index (χ2n) is 9.22. The average Bonchev–Trinajstić information content (AvgIpc) is 3.25. The molecule has 150 valence electrons. The van der Waals surface area contributed by atoms with Crippen LogP contribution in [0.5, 0.6) is 0 Å². The number of aromatic nitrogens is 1. The van der Waals surface area contributed by atoms with Crippen molar-refractivity contribution in [3.8, 4) is 0 Å². The van der Waals surface area contributed by atoms with E-state index < -0.39 is 0 Å². The van der Waals surface area contributed by atoms with Gasteiger partial charge >= 0.3 is 0 Å². The fourth-order valence-electron chi connectivity index (χ4n) is 5.73. The van der Waals surface area contributed by atoms with E-state index in [1.165, 1.54) is 19.3 Å². The van der Waals surface area contributed by atoms with Gasteiger partial charge in [-0.1, -0.05) is 24.6 Å². The summed E-state index contributed by atoms with van der Waals surface area (Å²) in [6.07, 6.45) is 11.0. The Morgan fingerprint density at radius 1 is 1.00 bits per heavy atom. The first-order valence-electron chi connectivity index (χ1n) is 11.1. The van der Waals surface area contributed by atoms with Crippen LogP contribution in [0.2, 0.25) is 0 Å². The summed E-state index contributed by atoms with van der Waals surface area (Å²) in [4.78, 5) is 30.6. The number of likely N-dealkylation sites (tertiary alicyclic amines) is 2. The molecule has 4 heterocycles.